The Balaban J connectivity index is 1.93. The van der Waals surface area contributed by atoms with Gasteiger partial charge in [-0.3, -0.25) is 14.3 Å². The third kappa shape index (κ3) is 5.84. The van der Waals surface area contributed by atoms with Crippen molar-refractivity contribution in [3.63, 3.8) is 0 Å². The first-order valence-corrected chi connectivity index (χ1v) is 13.0. The molecule has 0 saturated heterocycles. The van der Waals surface area contributed by atoms with Crippen LogP contribution < -0.4 is 4.72 Å². The molecule has 188 valence electrons. The van der Waals surface area contributed by atoms with E-state index in [0.29, 0.717) is 42.5 Å². The number of benzene rings is 1. The van der Waals surface area contributed by atoms with Crippen molar-refractivity contribution in [3.05, 3.63) is 58.9 Å². The van der Waals surface area contributed by atoms with Crippen molar-refractivity contribution in [1.29, 1.82) is 0 Å². The Labute approximate surface area is 202 Å². The lowest BCUT2D eigenvalue weighted by Crippen LogP contribution is -2.30. The molecule has 0 radical (unpaired) electrons. The lowest BCUT2D eigenvalue weighted by molar-refractivity contribution is -0.130. The monoisotopic (exact) mass is 506 g/mol. The minimum absolute atomic E-state index is 0.00746. The van der Waals surface area contributed by atoms with E-state index in [9.17, 15) is 22.4 Å². The topological polar surface area (TPSA) is 112 Å². The average Bonchev–Trinajstić information content (AvgIpc) is 3.23. The van der Waals surface area contributed by atoms with E-state index in [2.05, 4.69) is 14.7 Å². The summed E-state index contributed by atoms with van der Waals surface area (Å²) >= 11 is 0. The minimum Gasteiger partial charge on any atom is -0.345 e. The number of hydrogen-bond acceptors (Lipinski definition) is 5. The highest BCUT2D eigenvalue weighted by atomic mass is 32.2. The molecule has 1 amide bonds. The number of carbonyl (C=O) groups excluding carboxylic acids is 2. The molecule has 0 spiro atoms. The normalized spacial score (nSPS) is 11.6. The Morgan fingerprint density at radius 3 is 2.51 bits per heavy atom. The number of anilines is 1. The summed E-state index contributed by atoms with van der Waals surface area (Å²) in [6, 6.07) is 3.44. The van der Waals surface area contributed by atoms with Crippen LogP contribution in [0.4, 0.5) is 14.5 Å². The summed E-state index contributed by atoms with van der Waals surface area (Å²) in [6.07, 6.45) is 3.82. The molecule has 3 aromatic rings. The fraction of sp³-hybridized carbons (Fsp3) is 0.375. The van der Waals surface area contributed by atoms with Crippen LogP contribution in [0.1, 0.15) is 55.1 Å². The molecule has 0 saturated carbocycles. The van der Waals surface area contributed by atoms with Crippen LogP contribution in [0.25, 0.3) is 11.0 Å². The Morgan fingerprint density at radius 1 is 1.14 bits per heavy atom. The number of hydrogen-bond donors (Lipinski definition) is 2. The summed E-state index contributed by atoms with van der Waals surface area (Å²) in [5.74, 6) is -3.62. The molecule has 0 aliphatic heterocycles. The van der Waals surface area contributed by atoms with Crippen LogP contribution in [0.5, 0.6) is 0 Å². The highest BCUT2D eigenvalue weighted by molar-refractivity contribution is 7.92. The molecule has 0 unspecified atom stereocenters. The van der Waals surface area contributed by atoms with Gasteiger partial charge in [0.1, 0.15) is 11.5 Å². The molecule has 0 aliphatic rings. The van der Waals surface area contributed by atoms with Crippen LogP contribution in [0, 0.1) is 11.6 Å². The lowest BCUT2D eigenvalue weighted by atomic mass is 10.0. The van der Waals surface area contributed by atoms with Gasteiger partial charge in [0.05, 0.1) is 17.0 Å². The highest BCUT2D eigenvalue weighted by Gasteiger charge is 2.26. The van der Waals surface area contributed by atoms with E-state index in [0.717, 1.165) is 12.1 Å². The molecule has 8 nitrogen and oxygen atoms in total. The quantitative estimate of drug-likeness (QED) is 0.382. The molecule has 3 rings (SSSR count). The Kier molecular flexibility index (Phi) is 8.21. The van der Waals surface area contributed by atoms with Crippen LogP contribution in [0.2, 0.25) is 0 Å². The van der Waals surface area contributed by atoms with Gasteiger partial charge in [-0.05, 0) is 50.5 Å². The van der Waals surface area contributed by atoms with Crippen molar-refractivity contribution in [1.82, 2.24) is 14.9 Å². The van der Waals surface area contributed by atoms with Crippen LogP contribution in [-0.2, 0) is 21.2 Å². The van der Waals surface area contributed by atoms with Crippen LogP contribution in [0.3, 0.4) is 0 Å². The predicted octanol–water partition coefficient (Wildman–Crippen LogP) is 4.02. The number of nitrogens with one attached hydrogen (secondary N) is 2. The SMILES string of the molecule is CCCS(=O)(=O)Nc1ccc(F)c(C(=O)c2c[nH]c3ncc(CCC(=O)N(CC)CC)cc23)c1F. The summed E-state index contributed by atoms with van der Waals surface area (Å²) in [5, 5.41) is 0.346. The third-order valence-corrected chi connectivity index (χ3v) is 7.11. The standard InChI is InChI=1S/C24H28F2N4O4S/c1-4-11-35(33,34)29-19-9-8-18(25)21(22(19)26)23(32)17-14-28-24-16(17)12-15(13-27-24)7-10-20(31)30(5-2)6-3/h8-9,12-14,29H,4-7,10-11H2,1-3H3,(H,27,28). The van der Waals surface area contributed by atoms with E-state index >= 15 is 4.39 Å². The van der Waals surface area contributed by atoms with Crippen molar-refractivity contribution in [2.75, 3.05) is 23.6 Å². The zero-order valence-electron chi connectivity index (χ0n) is 19.8. The summed E-state index contributed by atoms with van der Waals surface area (Å²) < 4.78 is 55.9. The van der Waals surface area contributed by atoms with E-state index in [1.165, 1.54) is 6.20 Å². The number of aromatic nitrogens is 2. The Hall–Kier alpha value is -3.34. The van der Waals surface area contributed by atoms with Gasteiger partial charge in [-0.25, -0.2) is 22.2 Å². The van der Waals surface area contributed by atoms with E-state index in [1.807, 2.05) is 13.8 Å². The first kappa shape index (κ1) is 26.3. The van der Waals surface area contributed by atoms with Gasteiger partial charge in [-0.2, -0.15) is 0 Å². The maximum Gasteiger partial charge on any atom is 0.232 e. The van der Waals surface area contributed by atoms with Crippen LogP contribution in [-0.4, -0.2) is 53.8 Å². The molecule has 0 aliphatic carbocycles. The molecular weight excluding hydrogens is 478 g/mol. The molecule has 0 fully saturated rings. The molecular formula is C24H28F2N4O4S. The zero-order chi connectivity index (χ0) is 25.8. The second-order valence-corrected chi connectivity index (χ2v) is 9.88. The van der Waals surface area contributed by atoms with E-state index < -0.39 is 38.7 Å². The number of rotatable bonds is 11. The molecule has 35 heavy (non-hydrogen) atoms. The first-order valence-electron chi connectivity index (χ1n) is 11.4. The molecule has 2 aromatic heterocycles. The number of aromatic amines is 1. The van der Waals surface area contributed by atoms with Crippen molar-refractivity contribution < 1.29 is 26.8 Å². The Bertz CT molecular complexity index is 1350. The second kappa shape index (κ2) is 10.9. The van der Waals surface area contributed by atoms with Gasteiger partial charge in [0.15, 0.2) is 5.82 Å². The van der Waals surface area contributed by atoms with Crippen LogP contribution >= 0.6 is 0 Å². The molecule has 11 heteroatoms. The number of H-pyrrole nitrogens is 1. The number of fused-ring (bicyclic) bond motifs is 1. The van der Waals surface area contributed by atoms with Gasteiger partial charge >= 0.3 is 0 Å². The van der Waals surface area contributed by atoms with Gasteiger partial charge in [-0.15, -0.1) is 0 Å². The van der Waals surface area contributed by atoms with Gasteiger partial charge in [0, 0.05) is 42.9 Å². The average molecular weight is 507 g/mol. The molecule has 2 heterocycles. The fourth-order valence-corrected chi connectivity index (χ4v) is 4.95. The maximum atomic E-state index is 15.1. The number of pyridine rings is 1. The number of ketones is 1. The van der Waals surface area contributed by atoms with Crippen LogP contribution in [0.15, 0.2) is 30.6 Å². The largest absolute Gasteiger partial charge is 0.345 e. The maximum absolute atomic E-state index is 15.1. The number of amides is 1. The molecule has 2 N–H and O–H groups in total. The second-order valence-electron chi connectivity index (χ2n) is 8.04. The summed E-state index contributed by atoms with van der Waals surface area (Å²) in [4.78, 5) is 34.3. The fourth-order valence-electron chi connectivity index (χ4n) is 3.82. The number of carbonyl (C=O) groups is 2. The number of nitrogens with zero attached hydrogens (tertiary/aromatic N) is 2. The van der Waals surface area contributed by atoms with Gasteiger partial charge in [0.25, 0.3) is 0 Å². The summed E-state index contributed by atoms with van der Waals surface area (Å²) in [5.41, 5.74) is -0.362. The van der Waals surface area contributed by atoms with E-state index in [4.69, 9.17) is 0 Å². The van der Waals surface area contributed by atoms with Crippen molar-refractivity contribution in [3.8, 4) is 0 Å². The third-order valence-electron chi connectivity index (χ3n) is 5.63. The predicted molar refractivity (Wildman–Crippen MR) is 130 cm³/mol. The van der Waals surface area contributed by atoms with Gasteiger partial charge in [0.2, 0.25) is 21.7 Å². The molecule has 1 aromatic carbocycles. The highest BCUT2D eigenvalue weighted by Crippen LogP contribution is 2.28. The molecule has 0 bridgehead atoms. The van der Waals surface area contributed by atoms with Gasteiger partial charge < -0.3 is 9.88 Å². The van der Waals surface area contributed by atoms with Crippen molar-refractivity contribution in [2.24, 2.45) is 0 Å². The Morgan fingerprint density at radius 2 is 1.86 bits per heavy atom. The number of sulfonamides is 1. The number of aryl methyl sites for hydroxylation is 1. The van der Waals surface area contributed by atoms with E-state index in [-0.39, 0.29) is 23.6 Å². The smallest absolute Gasteiger partial charge is 0.232 e. The van der Waals surface area contributed by atoms with Crippen molar-refractivity contribution in [2.45, 2.75) is 40.0 Å². The first-order chi connectivity index (χ1) is 16.6. The van der Waals surface area contributed by atoms with E-state index in [1.54, 1.807) is 24.1 Å². The summed E-state index contributed by atoms with van der Waals surface area (Å²) in [6.45, 7) is 6.65. The zero-order valence-corrected chi connectivity index (χ0v) is 20.6. The molecule has 0 atom stereocenters. The summed E-state index contributed by atoms with van der Waals surface area (Å²) in [7, 11) is -3.85. The number of halogens is 2. The van der Waals surface area contributed by atoms with Crippen molar-refractivity contribution >= 4 is 38.4 Å². The van der Waals surface area contributed by atoms with Gasteiger partial charge in [-0.1, -0.05) is 6.92 Å². The lowest BCUT2D eigenvalue weighted by Gasteiger charge is -2.18. The minimum atomic E-state index is -3.85.